The third kappa shape index (κ3) is 5.19. The van der Waals surface area contributed by atoms with E-state index >= 15 is 0 Å². The highest BCUT2D eigenvalue weighted by Gasteiger charge is 2.52. The number of halogens is 2. The highest BCUT2D eigenvalue weighted by Crippen LogP contribution is 2.53. The molecular formula is C27H27Cl2N3O3. The number of piperidine rings is 1. The Morgan fingerprint density at radius 1 is 1.09 bits per heavy atom. The number of hydrogen-bond donors (Lipinski definition) is 1. The molecule has 2 aromatic carbocycles. The van der Waals surface area contributed by atoms with Crippen molar-refractivity contribution in [2.75, 3.05) is 0 Å². The maximum absolute atomic E-state index is 14.2. The van der Waals surface area contributed by atoms with Crippen LogP contribution in [-0.4, -0.2) is 31.9 Å². The fourth-order valence-electron chi connectivity index (χ4n) is 5.21. The maximum Gasteiger partial charge on any atom is 0.304 e. The molecule has 4 atom stereocenters. The quantitative estimate of drug-likeness (QED) is 0.392. The molecule has 0 unspecified atom stereocenters. The molecule has 1 fully saturated rings. The van der Waals surface area contributed by atoms with Gasteiger partial charge in [-0.25, -0.2) is 9.97 Å². The van der Waals surface area contributed by atoms with Gasteiger partial charge in [-0.3, -0.25) is 9.59 Å². The summed E-state index contributed by atoms with van der Waals surface area (Å²) in [5, 5.41) is 10.9. The zero-order chi connectivity index (χ0) is 25.2. The summed E-state index contributed by atoms with van der Waals surface area (Å²) >= 11 is 12.6. The molecule has 8 heteroatoms. The summed E-state index contributed by atoms with van der Waals surface area (Å²) in [5.74, 6) is -0.932. The Morgan fingerprint density at radius 2 is 1.77 bits per heavy atom. The largest absolute Gasteiger partial charge is 0.481 e. The first-order chi connectivity index (χ1) is 16.7. The van der Waals surface area contributed by atoms with Gasteiger partial charge >= 0.3 is 5.97 Å². The van der Waals surface area contributed by atoms with Crippen LogP contribution in [0.15, 0.2) is 67.0 Å². The molecule has 0 aliphatic carbocycles. The topological polar surface area (TPSA) is 83.4 Å². The van der Waals surface area contributed by atoms with Crippen molar-refractivity contribution >= 4 is 35.1 Å². The van der Waals surface area contributed by atoms with Gasteiger partial charge in [0.05, 0.1) is 23.9 Å². The summed E-state index contributed by atoms with van der Waals surface area (Å²) < 4.78 is 0. The fraction of sp³-hybridized carbons (Fsp3) is 0.333. The number of carbonyl (C=O) groups excluding carboxylic acids is 1. The van der Waals surface area contributed by atoms with Crippen LogP contribution in [-0.2, 0) is 9.59 Å². The van der Waals surface area contributed by atoms with E-state index in [0.717, 1.165) is 11.1 Å². The number of amides is 1. The van der Waals surface area contributed by atoms with E-state index in [4.69, 9.17) is 23.2 Å². The van der Waals surface area contributed by atoms with Crippen LogP contribution in [0.1, 0.15) is 68.1 Å². The molecule has 6 nitrogen and oxygen atoms in total. The second-order valence-corrected chi connectivity index (χ2v) is 10.1. The van der Waals surface area contributed by atoms with Gasteiger partial charge in [-0.1, -0.05) is 61.3 Å². The minimum atomic E-state index is -1.12. The third-order valence-electron chi connectivity index (χ3n) is 6.74. The van der Waals surface area contributed by atoms with Gasteiger partial charge < -0.3 is 10.0 Å². The summed E-state index contributed by atoms with van der Waals surface area (Å²) in [7, 11) is 0. The molecule has 182 valence electrons. The van der Waals surface area contributed by atoms with E-state index < -0.39 is 23.5 Å². The Bertz CT molecular complexity index is 1210. The summed E-state index contributed by atoms with van der Waals surface area (Å²) in [4.78, 5) is 36.8. The summed E-state index contributed by atoms with van der Waals surface area (Å²) in [6, 6.07) is 15.9. The molecule has 0 bridgehead atoms. The molecule has 1 aromatic heterocycles. The summed E-state index contributed by atoms with van der Waals surface area (Å²) in [6.07, 6.45) is 3.95. The second kappa shape index (κ2) is 10.3. The molecule has 0 radical (unpaired) electrons. The molecule has 1 saturated heterocycles. The Morgan fingerprint density at radius 3 is 2.37 bits per heavy atom. The van der Waals surface area contributed by atoms with Crippen molar-refractivity contribution in [2.45, 2.75) is 51.1 Å². The Kier molecular flexibility index (Phi) is 7.43. The van der Waals surface area contributed by atoms with Crippen molar-refractivity contribution in [2.24, 2.45) is 5.41 Å². The predicted molar refractivity (Wildman–Crippen MR) is 135 cm³/mol. The van der Waals surface area contributed by atoms with Gasteiger partial charge in [0.15, 0.2) is 5.82 Å². The number of carboxylic acids is 1. The van der Waals surface area contributed by atoms with E-state index in [1.54, 1.807) is 48.5 Å². The molecule has 3 aromatic rings. The molecule has 1 amide bonds. The SMILES string of the molecule is CC[C@H](c1ncccn1)N1C(=O)[C@@](C)(CC(=O)O)C[C@H](c2cccc(Cl)c2)[C@H]1c1ccc(Cl)cc1. The van der Waals surface area contributed by atoms with E-state index in [2.05, 4.69) is 9.97 Å². The standard InChI is InChI=1S/C27H27Cl2N3O3/c1-3-22(25-30-12-5-13-31-25)32-24(17-8-10-19(28)11-9-17)21(18-6-4-7-20(29)14-18)15-27(2,26(32)35)16-23(33)34/h4-14,21-22,24H,3,15-16H2,1-2H3,(H,33,34)/t21-,22-,24-,27-/m1/s1. The van der Waals surface area contributed by atoms with Crippen molar-refractivity contribution in [3.63, 3.8) is 0 Å². The van der Waals surface area contributed by atoms with Crippen molar-refractivity contribution in [1.82, 2.24) is 14.9 Å². The lowest BCUT2D eigenvalue weighted by Gasteiger charge is -2.51. The molecule has 0 saturated carbocycles. The molecular weight excluding hydrogens is 485 g/mol. The van der Waals surface area contributed by atoms with Gasteiger partial charge in [0.1, 0.15) is 0 Å². The molecule has 1 N–H and O–H groups in total. The molecule has 0 spiro atoms. The first kappa shape index (κ1) is 25.1. The third-order valence-corrected chi connectivity index (χ3v) is 7.23. The number of carboxylic acid groups (broad SMARTS) is 1. The number of aliphatic carboxylic acids is 1. The molecule has 35 heavy (non-hydrogen) atoms. The zero-order valence-electron chi connectivity index (χ0n) is 19.6. The van der Waals surface area contributed by atoms with Gasteiger partial charge in [-0.15, -0.1) is 0 Å². The van der Waals surface area contributed by atoms with Crippen LogP contribution >= 0.6 is 23.2 Å². The van der Waals surface area contributed by atoms with Crippen LogP contribution in [0.5, 0.6) is 0 Å². The number of rotatable bonds is 7. The van der Waals surface area contributed by atoms with Crippen LogP contribution in [0.3, 0.4) is 0 Å². The summed E-state index contributed by atoms with van der Waals surface area (Å²) in [5.41, 5.74) is 0.721. The Balaban J connectivity index is 1.95. The van der Waals surface area contributed by atoms with Crippen molar-refractivity contribution in [3.8, 4) is 0 Å². The molecule has 4 rings (SSSR count). The lowest BCUT2D eigenvalue weighted by atomic mass is 9.67. The fourth-order valence-corrected chi connectivity index (χ4v) is 5.53. The zero-order valence-corrected chi connectivity index (χ0v) is 21.1. The smallest absolute Gasteiger partial charge is 0.304 e. The lowest BCUT2D eigenvalue weighted by molar-refractivity contribution is -0.161. The normalized spacial score (nSPS) is 23.2. The molecule has 1 aliphatic heterocycles. The van der Waals surface area contributed by atoms with Crippen molar-refractivity contribution < 1.29 is 14.7 Å². The number of aromatic nitrogens is 2. The van der Waals surface area contributed by atoms with E-state index in [0.29, 0.717) is 28.7 Å². The number of hydrogen-bond acceptors (Lipinski definition) is 4. The molecule has 1 aliphatic rings. The first-order valence-corrected chi connectivity index (χ1v) is 12.3. The lowest BCUT2D eigenvalue weighted by Crippen LogP contribution is -2.53. The molecule has 2 heterocycles. The number of benzene rings is 2. The van der Waals surface area contributed by atoms with E-state index in [1.165, 1.54) is 0 Å². The second-order valence-electron chi connectivity index (χ2n) is 9.24. The van der Waals surface area contributed by atoms with Crippen molar-refractivity contribution in [3.05, 3.63) is 94.0 Å². The van der Waals surface area contributed by atoms with Gasteiger partial charge in [-0.2, -0.15) is 0 Å². The number of nitrogens with zero attached hydrogens (tertiary/aromatic N) is 3. The van der Waals surface area contributed by atoms with Crippen LogP contribution < -0.4 is 0 Å². The Labute approximate surface area is 214 Å². The van der Waals surface area contributed by atoms with Crippen LogP contribution in [0.2, 0.25) is 10.0 Å². The van der Waals surface area contributed by atoms with E-state index in [9.17, 15) is 14.7 Å². The van der Waals surface area contributed by atoms with Crippen LogP contribution in [0, 0.1) is 5.41 Å². The van der Waals surface area contributed by atoms with Crippen molar-refractivity contribution in [1.29, 1.82) is 0 Å². The number of likely N-dealkylation sites (tertiary alicyclic amines) is 1. The van der Waals surface area contributed by atoms with Gasteiger partial charge in [-0.05, 0) is 54.3 Å². The predicted octanol–water partition coefficient (Wildman–Crippen LogP) is 6.47. The average molecular weight is 512 g/mol. The van der Waals surface area contributed by atoms with E-state index in [1.807, 2.05) is 37.3 Å². The summed E-state index contributed by atoms with van der Waals surface area (Å²) in [6.45, 7) is 3.72. The van der Waals surface area contributed by atoms with Gasteiger partial charge in [0, 0.05) is 28.4 Å². The highest BCUT2D eigenvalue weighted by atomic mass is 35.5. The minimum absolute atomic E-state index is 0.213. The minimum Gasteiger partial charge on any atom is -0.481 e. The van der Waals surface area contributed by atoms with Gasteiger partial charge in [0.25, 0.3) is 0 Å². The maximum atomic E-state index is 14.2. The van der Waals surface area contributed by atoms with Gasteiger partial charge in [0.2, 0.25) is 5.91 Å². The van der Waals surface area contributed by atoms with E-state index in [-0.39, 0.29) is 18.2 Å². The first-order valence-electron chi connectivity index (χ1n) is 11.6. The highest BCUT2D eigenvalue weighted by molar-refractivity contribution is 6.30. The monoisotopic (exact) mass is 511 g/mol. The number of carbonyl (C=O) groups is 2. The Hall–Kier alpha value is -2.96. The average Bonchev–Trinajstić information content (AvgIpc) is 2.83. The van der Waals surface area contributed by atoms with Crippen LogP contribution in [0.25, 0.3) is 0 Å². The van der Waals surface area contributed by atoms with Crippen LogP contribution in [0.4, 0.5) is 0 Å².